The monoisotopic (exact) mass is 316 g/mol. The van der Waals surface area contributed by atoms with Crippen molar-refractivity contribution in [3.63, 3.8) is 0 Å². The second-order valence-electron chi connectivity index (χ2n) is 4.26. The molecule has 0 radical (unpaired) electrons. The van der Waals surface area contributed by atoms with Crippen molar-refractivity contribution in [2.24, 2.45) is 0 Å². The van der Waals surface area contributed by atoms with Crippen molar-refractivity contribution in [2.45, 2.75) is 12.6 Å². The van der Waals surface area contributed by atoms with Crippen molar-refractivity contribution in [1.29, 1.82) is 0 Å². The highest BCUT2D eigenvalue weighted by atomic mass is 79.9. The molecule has 0 bridgehead atoms. The van der Waals surface area contributed by atoms with Gasteiger partial charge in [0, 0.05) is 36.2 Å². The lowest BCUT2D eigenvalue weighted by atomic mass is 10.1. The van der Waals surface area contributed by atoms with Crippen LogP contribution in [0.3, 0.4) is 0 Å². The van der Waals surface area contributed by atoms with E-state index in [1.54, 1.807) is 17.0 Å². The van der Waals surface area contributed by atoms with E-state index in [-0.39, 0.29) is 5.82 Å². The first-order chi connectivity index (χ1) is 8.58. The van der Waals surface area contributed by atoms with E-state index < -0.39 is 12.0 Å². The van der Waals surface area contributed by atoms with Crippen LogP contribution in [0.15, 0.2) is 22.7 Å². The smallest absolute Gasteiger partial charge is 0.322 e. The predicted octanol–water partition coefficient (Wildman–Crippen LogP) is 1.45. The summed E-state index contributed by atoms with van der Waals surface area (Å²) in [5, 5.41) is 12.1. The molecule has 0 amide bonds. The van der Waals surface area contributed by atoms with E-state index in [2.05, 4.69) is 21.2 Å². The summed E-state index contributed by atoms with van der Waals surface area (Å²) in [6.07, 6.45) is 0. The standard InChI is InChI=1S/C12H14BrFN2O2/c13-9-2-1-8(10(14)5-9)7-16-4-3-15-6-11(16)12(17)18/h1-2,5,11,15H,3-4,6-7H2,(H,17,18). The summed E-state index contributed by atoms with van der Waals surface area (Å²) < 4.78 is 14.4. The second kappa shape index (κ2) is 5.77. The third-order valence-corrected chi connectivity index (χ3v) is 3.52. The lowest BCUT2D eigenvalue weighted by Crippen LogP contribution is -2.54. The Morgan fingerprint density at radius 1 is 1.61 bits per heavy atom. The summed E-state index contributed by atoms with van der Waals surface area (Å²) >= 11 is 3.20. The van der Waals surface area contributed by atoms with E-state index in [0.717, 1.165) is 6.54 Å². The Morgan fingerprint density at radius 3 is 3.06 bits per heavy atom. The molecule has 6 heteroatoms. The number of halogens is 2. The van der Waals surface area contributed by atoms with Crippen LogP contribution in [0.2, 0.25) is 0 Å². The first kappa shape index (κ1) is 13.5. The van der Waals surface area contributed by atoms with Gasteiger partial charge in [0.25, 0.3) is 0 Å². The maximum atomic E-state index is 13.7. The molecule has 1 saturated heterocycles. The Labute approximate surface area is 113 Å². The molecule has 1 aliphatic rings. The molecule has 1 fully saturated rings. The van der Waals surface area contributed by atoms with Gasteiger partial charge in [-0.25, -0.2) is 4.39 Å². The van der Waals surface area contributed by atoms with Crippen molar-refractivity contribution >= 4 is 21.9 Å². The first-order valence-electron chi connectivity index (χ1n) is 5.69. The van der Waals surface area contributed by atoms with Gasteiger partial charge < -0.3 is 10.4 Å². The summed E-state index contributed by atoms with van der Waals surface area (Å²) in [5.41, 5.74) is 0.520. The zero-order valence-corrected chi connectivity index (χ0v) is 11.3. The van der Waals surface area contributed by atoms with Gasteiger partial charge in [-0.1, -0.05) is 22.0 Å². The third kappa shape index (κ3) is 3.07. The number of carbonyl (C=O) groups is 1. The molecule has 2 N–H and O–H groups in total. The number of carboxylic acids is 1. The van der Waals surface area contributed by atoms with Gasteiger partial charge in [0.2, 0.25) is 0 Å². The van der Waals surface area contributed by atoms with Gasteiger partial charge in [0.15, 0.2) is 0 Å². The third-order valence-electron chi connectivity index (χ3n) is 3.03. The van der Waals surface area contributed by atoms with E-state index >= 15 is 0 Å². The largest absolute Gasteiger partial charge is 0.480 e. The fraction of sp³-hybridized carbons (Fsp3) is 0.417. The fourth-order valence-corrected chi connectivity index (χ4v) is 2.38. The molecule has 1 aromatic rings. The van der Waals surface area contributed by atoms with Crippen molar-refractivity contribution in [1.82, 2.24) is 10.2 Å². The summed E-state index contributed by atoms with van der Waals surface area (Å²) in [7, 11) is 0. The van der Waals surface area contributed by atoms with Crippen molar-refractivity contribution in [2.75, 3.05) is 19.6 Å². The zero-order valence-electron chi connectivity index (χ0n) is 9.70. The summed E-state index contributed by atoms with van der Waals surface area (Å²) in [4.78, 5) is 12.9. The Morgan fingerprint density at radius 2 is 2.39 bits per heavy atom. The maximum Gasteiger partial charge on any atom is 0.322 e. The molecule has 2 rings (SSSR count). The molecule has 0 aromatic heterocycles. The normalized spacial score (nSPS) is 20.9. The number of nitrogens with zero attached hydrogens (tertiary/aromatic N) is 1. The second-order valence-corrected chi connectivity index (χ2v) is 5.18. The van der Waals surface area contributed by atoms with Gasteiger partial charge in [-0.2, -0.15) is 0 Å². The van der Waals surface area contributed by atoms with Crippen LogP contribution in [0.1, 0.15) is 5.56 Å². The lowest BCUT2D eigenvalue weighted by molar-refractivity contribution is -0.144. The zero-order chi connectivity index (χ0) is 13.1. The Balaban J connectivity index is 2.13. The molecule has 4 nitrogen and oxygen atoms in total. The summed E-state index contributed by atoms with van der Waals surface area (Å²) in [6.45, 7) is 2.04. The molecule has 98 valence electrons. The number of hydrogen-bond donors (Lipinski definition) is 2. The van der Waals surface area contributed by atoms with Gasteiger partial charge >= 0.3 is 5.97 Å². The Kier molecular flexibility index (Phi) is 4.31. The Hall–Kier alpha value is -0.980. The number of hydrogen-bond acceptors (Lipinski definition) is 3. The number of nitrogens with one attached hydrogen (secondary N) is 1. The number of rotatable bonds is 3. The van der Waals surface area contributed by atoms with Crippen LogP contribution >= 0.6 is 15.9 Å². The van der Waals surface area contributed by atoms with Crippen LogP contribution in [0, 0.1) is 5.82 Å². The number of carboxylic acid groups (broad SMARTS) is 1. The van der Waals surface area contributed by atoms with Gasteiger partial charge in [0.05, 0.1) is 0 Å². The molecule has 1 unspecified atom stereocenters. The molecule has 0 aliphatic carbocycles. The van der Waals surface area contributed by atoms with Crippen LogP contribution in [0.25, 0.3) is 0 Å². The van der Waals surface area contributed by atoms with Crippen LogP contribution < -0.4 is 5.32 Å². The molecule has 1 heterocycles. The van der Waals surface area contributed by atoms with Gasteiger partial charge in [-0.3, -0.25) is 9.69 Å². The maximum absolute atomic E-state index is 13.7. The van der Waals surface area contributed by atoms with Crippen LogP contribution in [-0.4, -0.2) is 41.7 Å². The fourth-order valence-electron chi connectivity index (χ4n) is 2.05. The molecule has 1 atom stereocenters. The first-order valence-corrected chi connectivity index (χ1v) is 6.48. The van der Waals surface area contributed by atoms with Gasteiger partial charge in [-0.05, 0) is 12.1 Å². The quantitative estimate of drug-likeness (QED) is 0.886. The summed E-state index contributed by atoms with van der Waals surface area (Å²) in [6, 6.07) is 4.24. The van der Waals surface area contributed by atoms with E-state index in [1.165, 1.54) is 6.07 Å². The number of benzene rings is 1. The van der Waals surface area contributed by atoms with Crippen molar-refractivity contribution < 1.29 is 14.3 Å². The molecular weight excluding hydrogens is 303 g/mol. The van der Waals surface area contributed by atoms with Gasteiger partial charge in [-0.15, -0.1) is 0 Å². The van der Waals surface area contributed by atoms with E-state index in [9.17, 15) is 9.18 Å². The average Bonchev–Trinajstić information content (AvgIpc) is 2.33. The van der Waals surface area contributed by atoms with Crippen LogP contribution in [-0.2, 0) is 11.3 Å². The highest BCUT2D eigenvalue weighted by Gasteiger charge is 2.28. The van der Waals surface area contributed by atoms with Crippen molar-refractivity contribution in [3.8, 4) is 0 Å². The van der Waals surface area contributed by atoms with Gasteiger partial charge in [0.1, 0.15) is 11.9 Å². The minimum absolute atomic E-state index is 0.313. The van der Waals surface area contributed by atoms with E-state index in [0.29, 0.717) is 29.7 Å². The highest BCUT2D eigenvalue weighted by Crippen LogP contribution is 2.18. The van der Waals surface area contributed by atoms with Crippen molar-refractivity contribution in [3.05, 3.63) is 34.1 Å². The van der Waals surface area contributed by atoms with Crippen LogP contribution in [0.4, 0.5) is 4.39 Å². The molecule has 0 saturated carbocycles. The number of aliphatic carboxylic acids is 1. The lowest BCUT2D eigenvalue weighted by Gasteiger charge is -2.33. The highest BCUT2D eigenvalue weighted by molar-refractivity contribution is 9.10. The minimum Gasteiger partial charge on any atom is -0.480 e. The Bertz CT molecular complexity index is 456. The van der Waals surface area contributed by atoms with E-state index in [1.807, 2.05) is 0 Å². The topological polar surface area (TPSA) is 52.6 Å². The number of piperazine rings is 1. The molecular formula is C12H14BrFN2O2. The molecule has 0 spiro atoms. The molecule has 18 heavy (non-hydrogen) atoms. The summed E-state index contributed by atoms with van der Waals surface area (Å²) in [5.74, 6) is -1.19. The molecule has 1 aromatic carbocycles. The van der Waals surface area contributed by atoms with E-state index in [4.69, 9.17) is 5.11 Å². The average molecular weight is 317 g/mol. The molecule has 1 aliphatic heterocycles. The predicted molar refractivity (Wildman–Crippen MR) is 68.8 cm³/mol. The SMILES string of the molecule is O=C(O)C1CNCCN1Cc1ccc(Br)cc1F. The minimum atomic E-state index is -0.875. The van der Waals surface area contributed by atoms with Crippen LogP contribution in [0.5, 0.6) is 0 Å².